The molecule has 0 N–H and O–H groups in total. The van der Waals surface area contributed by atoms with Gasteiger partial charge in [-0.25, -0.2) is 9.79 Å². The second-order valence-electron chi connectivity index (χ2n) is 11.0. The number of methoxy groups -OCH3 is 2. The highest BCUT2D eigenvalue weighted by atomic mass is 127. The van der Waals surface area contributed by atoms with Crippen LogP contribution in [0.1, 0.15) is 50.4 Å². The van der Waals surface area contributed by atoms with Crippen LogP contribution in [0.4, 0.5) is 0 Å². The highest BCUT2D eigenvalue weighted by molar-refractivity contribution is 14.1. The van der Waals surface area contributed by atoms with E-state index in [0.29, 0.717) is 53.6 Å². The summed E-state index contributed by atoms with van der Waals surface area (Å²) in [5.41, 5.74) is 2.64. The summed E-state index contributed by atoms with van der Waals surface area (Å²) in [7, 11) is 3.10. The van der Waals surface area contributed by atoms with Crippen LogP contribution in [-0.2, 0) is 16.1 Å². The number of esters is 1. The van der Waals surface area contributed by atoms with E-state index >= 15 is 0 Å². The minimum Gasteiger partial charge on any atom is -0.493 e. The van der Waals surface area contributed by atoms with Gasteiger partial charge in [-0.05, 0) is 109 Å². The Bertz CT molecular complexity index is 2090. The number of hydrogen-bond donors (Lipinski definition) is 0. The molecule has 1 atom stereocenters. The third-order valence-corrected chi connectivity index (χ3v) is 9.82. The van der Waals surface area contributed by atoms with Gasteiger partial charge in [0, 0.05) is 0 Å². The molecule has 0 amide bonds. The Hall–Kier alpha value is -3.52. The van der Waals surface area contributed by atoms with Crippen LogP contribution in [0.2, 0.25) is 10.0 Å². The van der Waals surface area contributed by atoms with E-state index in [1.165, 1.54) is 15.9 Å². The summed E-state index contributed by atoms with van der Waals surface area (Å²) >= 11 is 15.6. The van der Waals surface area contributed by atoms with Gasteiger partial charge in [-0.3, -0.25) is 9.36 Å². The van der Waals surface area contributed by atoms with Crippen molar-refractivity contribution in [2.24, 2.45) is 4.99 Å². The predicted octanol–water partition coefficient (Wildman–Crippen LogP) is 7.09. The number of thiazole rings is 1. The first-order valence-corrected chi connectivity index (χ1v) is 17.6. The van der Waals surface area contributed by atoms with Crippen molar-refractivity contribution < 1.29 is 28.5 Å². The van der Waals surface area contributed by atoms with Crippen LogP contribution in [0, 0.1) is 3.57 Å². The number of rotatable bonds is 11. The van der Waals surface area contributed by atoms with Gasteiger partial charge in [0.2, 0.25) is 0 Å². The maximum absolute atomic E-state index is 14.2. The zero-order chi connectivity index (χ0) is 34.7. The molecule has 1 aliphatic rings. The normalized spacial score (nSPS) is 14.5. The number of carbonyl (C=O) groups excluding carboxylic acids is 1. The fourth-order valence-electron chi connectivity index (χ4n) is 5.21. The number of fused-ring (bicyclic) bond motifs is 1. The molecule has 252 valence electrons. The molecule has 0 saturated carbocycles. The molecule has 3 aromatic carbocycles. The fraction of sp³-hybridized carbons (Fsp3) is 0.286. The maximum Gasteiger partial charge on any atom is 0.338 e. The number of allylic oxidation sites excluding steroid dienone is 1. The van der Waals surface area contributed by atoms with Crippen molar-refractivity contribution in [3.63, 3.8) is 0 Å². The Labute approximate surface area is 305 Å². The molecule has 0 spiro atoms. The van der Waals surface area contributed by atoms with Crippen molar-refractivity contribution in [1.82, 2.24) is 4.57 Å². The van der Waals surface area contributed by atoms with Gasteiger partial charge < -0.3 is 23.7 Å². The third-order valence-electron chi connectivity index (χ3n) is 7.30. The molecule has 1 aromatic heterocycles. The monoisotopic (exact) mass is 822 g/mol. The molecule has 0 aliphatic carbocycles. The summed E-state index contributed by atoms with van der Waals surface area (Å²) in [4.78, 5) is 32.7. The zero-order valence-electron chi connectivity index (χ0n) is 27.1. The van der Waals surface area contributed by atoms with Gasteiger partial charge in [0.15, 0.2) is 27.8 Å². The number of halogens is 3. The van der Waals surface area contributed by atoms with Crippen molar-refractivity contribution >= 4 is 69.2 Å². The molecular formula is C35H33Cl2IN2O7S. The molecule has 0 radical (unpaired) electrons. The summed E-state index contributed by atoms with van der Waals surface area (Å²) in [6, 6.07) is 13.6. The van der Waals surface area contributed by atoms with Crippen molar-refractivity contribution in [2.45, 2.75) is 46.4 Å². The number of aromatic nitrogens is 1. The van der Waals surface area contributed by atoms with Crippen molar-refractivity contribution in [2.75, 3.05) is 20.8 Å². The molecule has 4 aromatic rings. The molecule has 0 unspecified atom stereocenters. The zero-order valence-corrected chi connectivity index (χ0v) is 31.5. The van der Waals surface area contributed by atoms with Crippen molar-refractivity contribution in [3.05, 3.63) is 110 Å². The van der Waals surface area contributed by atoms with Gasteiger partial charge in [0.1, 0.15) is 6.61 Å². The fourth-order valence-corrected chi connectivity index (χ4v) is 7.36. The number of carbonyl (C=O) groups is 1. The largest absolute Gasteiger partial charge is 0.493 e. The third kappa shape index (κ3) is 7.54. The summed E-state index contributed by atoms with van der Waals surface area (Å²) in [6.07, 6.45) is 1.70. The Balaban J connectivity index is 1.58. The average molecular weight is 824 g/mol. The first-order chi connectivity index (χ1) is 22.9. The lowest BCUT2D eigenvalue weighted by Gasteiger charge is -2.25. The Morgan fingerprint density at radius 2 is 1.79 bits per heavy atom. The SMILES string of the molecule is CCOC(=O)C1=C(C)N=c2s/c(=C\c3cc(I)c(OCc4ccc(Cl)c(Cl)c4)c(OC)c3)c(=O)n2[C@@H]1c1ccc(OC(C)C)c(OC)c1. The topological polar surface area (TPSA) is 97.6 Å². The van der Waals surface area contributed by atoms with E-state index < -0.39 is 12.0 Å². The molecule has 13 heteroatoms. The van der Waals surface area contributed by atoms with Crippen LogP contribution in [-0.4, -0.2) is 37.5 Å². The van der Waals surface area contributed by atoms with E-state index in [1.807, 2.05) is 32.0 Å². The number of hydrogen-bond acceptors (Lipinski definition) is 9. The highest BCUT2D eigenvalue weighted by Gasteiger charge is 2.34. The van der Waals surface area contributed by atoms with Gasteiger partial charge in [0.05, 0.1) is 62.4 Å². The summed E-state index contributed by atoms with van der Waals surface area (Å²) in [5.74, 6) is 1.53. The molecule has 1 aliphatic heterocycles. The lowest BCUT2D eigenvalue weighted by Crippen LogP contribution is -2.40. The number of nitrogens with zero attached hydrogens (tertiary/aromatic N) is 2. The molecule has 0 fully saturated rings. The molecule has 0 saturated heterocycles. The molecular weight excluding hydrogens is 790 g/mol. The van der Waals surface area contributed by atoms with Crippen LogP contribution in [0.5, 0.6) is 23.0 Å². The predicted molar refractivity (Wildman–Crippen MR) is 196 cm³/mol. The second-order valence-corrected chi connectivity index (χ2v) is 13.9. The van der Waals surface area contributed by atoms with Gasteiger partial charge in [-0.1, -0.05) is 46.7 Å². The van der Waals surface area contributed by atoms with Crippen LogP contribution in [0.3, 0.4) is 0 Å². The Morgan fingerprint density at radius 3 is 2.46 bits per heavy atom. The van der Waals surface area contributed by atoms with E-state index in [2.05, 4.69) is 27.6 Å². The minimum atomic E-state index is -0.809. The quantitative estimate of drug-likeness (QED) is 0.118. The summed E-state index contributed by atoms with van der Waals surface area (Å²) < 4.78 is 31.5. The maximum atomic E-state index is 14.2. The highest BCUT2D eigenvalue weighted by Crippen LogP contribution is 2.37. The molecule has 5 rings (SSSR count). The average Bonchev–Trinajstić information content (AvgIpc) is 3.34. The lowest BCUT2D eigenvalue weighted by molar-refractivity contribution is -0.139. The van der Waals surface area contributed by atoms with Crippen LogP contribution in [0.15, 0.2) is 69.6 Å². The van der Waals surface area contributed by atoms with E-state index in [4.69, 9.17) is 46.9 Å². The van der Waals surface area contributed by atoms with E-state index in [9.17, 15) is 9.59 Å². The van der Waals surface area contributed by atoms with Crippen molar-refractivity contribution in [1.29, 1.82) is 0 Å². The summed E-state index contributed by atoms with van der Waals surface area (Å²) in [5, 5.41) is 0.911. The van der Waals surface area contributed by atoms with Crippen LogP contribution in [0.25, 0.3) is 6.08 Å². The number of ether oxygens (including phenoxy) is 5. The first-order valence-electron chi connectivity index (χ1n) is 14.9. The molecule has 48 heavy (non-hydrogen) atoms. The van der Waals surface area contributed by atoms with Gasteiger partial charge in [-0.2, -0.15) is 0 Å². The van der Waals surface area contributed by atoms with Gasteiger partial charge in [-0.15, -0.1) is 0 Å². The first kappa shape index (κ1) is 35.8. The summed E-state index contributed by atoms with van der Waals surface area (Å²) in [6.45, 7) is 7.74. The smallest absolute Gasteiger partial charge is 0.338 e. The second kappa shape index (κ2) is 15.4. The minimum absolute atomic E-state index is 0.0791. The van der Waals surface area contributed by atoms with Crippen molar-refractivity contribution in [3.8, 4) is 23.0 Å². The number of benzene rings is 3. The van der Waals surface area contributed by atoms with E-state index in [0.717, 1.165) is 14.7 Å². The molecule has 2 heterocycles. The van der Waals surface area contributed by atoms with Gasteiger partial charge >= 0.3 is 5.97 Å². The van der Waals surface area contributed by atoms with Gasteiger partial charge in [0.25, 0.3) is 5.56 Å². The Kier molecular flexibility index (Phi) is 11.4. The Morgan fingerprint density at radius 1 is 1.04 bits per heavy atom. The molecule has 9 nitrogen and oxygen atoms in total. The van der Waals surface area contributed by atoms with Crippen LogP contribution >= 0.6 is 57.1 Å². The lowest BCUT2D eigenvalue weighted by atomic mass is 9.95. The van der Waals surface area contributed by atoms with E-state index in [-0.39, 0.29) is 30.5 Å². The van der Waals surface area contributed by atoms with E-state index in [1.54, 1.807) is 64.5 Å². The standard InChI is InChI=1S/C35H33Cl2IN2O7S/c1-7-45-34(42)30-19(4)39-35-40(31(30)22-9-11-26(47-18(2)3)27(16-22)43-5)33(41)29(48-35)15-21-13-25(38)32(28(14-21)44-6)46-17-20-8-10-23(36)24(37)12-20/h8-16,18,31H,7,17H2,1-6H3/b29-15-/t31-/m1/s1. The molecule has 0 bridgehead atoms. The van der Waals surface area contributed by atoms with Crippen LogP contribution < -0.4 is 33.8 Å².